The number of aliphatic hydroxyl groups is 1. The van der Waals surface area contributed by atoms with Crippen LogP contribution in [0.2, 0.25) is 0 Å². The molecule has 218 valence electrons. The molecule has 0 radical (unpaired) electrons. The number of benzene rings is 3. The van der Waals surface area contributed by atoms with Crippen LogP contribution in [0.3, 0.4) is 0 Å². The third-order valence-corrected chi connectivity index (χ3v) is 9.15. The van der Waals surface area contributed by atoms with E-state index in [1.54, 1.807) is 17.3 Å². The lowest BCUT2D eigenvalue weighted by atomic mass is 9.97. The van der Waals surface area contributed by atoms with Crippen molar-refractivity contribution in [2.24, 2.45) is 0 Å². The van der Waals surface area contributed by atoms with Crippen molar-refractivity contribution in [2.45, 2.75) is 52.0 Å². The van der Waals surface area contributed by atoms with E-state index in [4.69, 9.17) is 12.2 Å². The van der Waals surface area contributed by atoms with Crippen molar-refractivity contribution < 1.29 is 5.11 Å². The molecule has 0 spiro atoms. The molecule has 2 N–H and O–H groups in total. The van der Waals surface area contributed by atoms with Crippen molar-refractivity contribution in [1.29, 1.82) is 0 Å². The third kappa shape index (κ3) is 9.50. The third-order valence-electron chi connectivity index (χ3n) is 7.53. The van der Waals surface area contributed by atoms with Crippen molar-refractivity contribution in [2.75, 3.05) is 13.1 Å². The highest BCUT2D eigenvalue weighted by molar-refractivity contribution is 8.11. The summed E-state index contributed by atoms with van der Waals surface area (Å²) < 4.78 is 0. The first-order valence-corrected chi connectivity index (χ1v) is 16.0. The quantitative estimate of drug-likeness (QED) is 0.0841. The maximum absolute atomic E-state index is 9.34. The molecule has 0 unspecified atom stereocenters. The molecule has 0 fully saturated rings. The fraction of sp³-hybridized carbons (Fsp3) is 0.270. The Kier molecular flexibility index (Phi) is 12.1. The second-order valence-corrected chi connectivity index (χ2v) is 12.2. The first-order chi connectivity index (χ1) is 20.4. The summed E-state index contributed by atoms with van der Waals surface area (Å²) in [7, 11) is 0. The molecular weight excluding hydrogens is 553 g/mol. The van der Waals surface area contributed by atoms with E-state index in [-0.39, 0.29) is 5.76 Å². The molecule has 0 aliphatic heterocycles. The van der Waals surface area contributed by atoms with Crippen LogP contribution >= 0.6 is 24.0 Å². The molecule has 1 aliphatic rings. The molecule has 0 aromatic heterocycles. The molecule has 0 heterocycles. The Morgan fingerprint density at radius 3 is 2.19 bits per heavy atom. The number of thioether (sulfide) groups is 1. The van der Waals surface area contributed by atoms with Crippen LogP contribution < -0.4 is 5.32 Å². The molecule has 3 aromatic rings. The zero-order valence-corrected chi connectivity index (χ0v) is 26.3. The summed E-state index contributed by atoms with van der Waals surface area (Å²) in [6.07, 6.45) is 8.98. The lowest BCUT2D eigenvalue weighted by Gasteiger charge is -2.29. The summed E-state index contributed by atoms with van der Waals surface area (Å²) >= 11 is 7.32. The monoisotopic (exact) mass is 594 g/mol. The Morgan fingerprint density at radius 1 is 0.905 bits per heavy atom. The van der Waals surface area contributed by atoms with E-state index in [1.807, 2.05) is 0 Å². The zero-order valence-electron chi connectivity index (χ0n) is 24.6. The number of thiocarbonyl (C=S) groups is 1. The van der Waals surface area contributed by atoms with Gasteiger partial charge in [-0.25, -0.2) is 0 Å². The summed E-state index contributed by atoms with van der Waals surface area (Å²) in [5.41, 5.74) is 7.43. The van der Waals surface area contributed by atoms with Gasteiger partial charge in [-0.05, 0) is 61.3 Å². The highest BCUT2D eigenvalue weighted by Gasteiger charge is 2.17. The largest absolute Gasteiger partial charge is 0.513 e. The van der Waals surface area contributed by atoms with Gasteiger partial charge in [-0.1, -0.05) is 134 Å². The van der Waals surface area contributed by atoms with Gasteiger partial charge in [0.15, 0.2) is 0 Å². The standard InChI is InChI=1S/C37H42N2OS2/c1-28(40)23-25-38-37(41)35-21-19-32(20-22-35)27-39(26-24-31-13-7-4-8-14-31)30(3)42-36(34-17-11-6-12-18-34)29(2)33-15-9-5-10-16-33/h5-6,9-13,15-22,40H,1,3-4,7-8,14,23-27H2,2H3,(H,38,41)/b36-29+. The van der Waals surface area contributed by atoms with Gasteiger partial charge in [0.2, 0.25) is 0 Å². The van der Waals surface area contributed by atoms with Crippen molar-refractivity contribution in [1.82, 2.24) is 10.2 Å². The summed E-state index contributed by atoms with van der Waals surface area (Å²) in [6, 6.07) is 29.7. The first kappa shape index (κ1) is 31.4. The van der Waals surface area contributed by atoms with Crippen molar-refractivity contribution in [3.8, 4) is 0 Å². The number of nitrogens with one attached hydrogen (secondary N) is 1. The number of allylic oxidation sites excluding steroid dienone is 2. The summed E-state index contributed by atoms with van der Waals surface area (Å²) in [6.45, 7) is 12.6. The van der Waals surface area contributed by atoms with E-state index in [0.29, 0.717) is 18.0 Å². The van der Waals surface area contributed by atoms with E-state index < -0.39 is 0 Å². The predicted octanol–water partition coefficient (Wildman–Crippen LogP) is 9.90. The molecule has 0 bridgehead atoms. The first-order valence-electron chi connectivity index (χ1n) is 14.8. The van der Waals surface area contributed by atoms with Crippen LogP contribution in [0.5, 0.6) is 0 Å². The highest BCUT2D eigenvalue weighted by Crippen LogP contribution is 2.40. The van der Waals surface area contributed by atoms with Gasteiger partial charge in [-0.3, -0.25) is 0 Å². The van der Waals surface area contributed by atoms with E-state index in [9.17, 15) is 5.11 Å². The molecule has 0 atom stereocenters. The van der Waals surface area contributed by atoms with Gasteiger partial charge < -0.3 is 15.3 Å². The fourth-order valence-corrected chi connectivity index (χ4v) is 6.33. The topological polar surface area (TPSA) is 35.5 Å². The van der Waals surface area contributed by atoms with E-state index in [0.717, 1.165) is 30.1 Å². The molecule has 3 aromatic carbocycles. The van der Waals surface area contributed by atoms with Crippen LogP contribution in [-0.4, -0.2) is 28.1 Å². The van der Waals surface area contributed by atoms with E-state index in [1.165, 1.54) is 52.9 Å². The number of rotatable bonds is 14. The summed E-state index contributed by atoms with van der Waals surface area (Å²) in [5.74, 6) is 0.159. The maximum atomic E-state index is 9.34. The molecule has 0 saturated heterocycles. The molecule has 0 saturated carbocycles. The van der Waals surface area contributed by atoms with Gasteiger partial charge in [-0.2, -0.15) is 0 Å². The Balaban J connectivity index is 1.55. The minimum Gasteiger partial charge on any atom is -0.513 e. The van der Waals surface area contributed by atoms with Crippen LogP contribution in [0.15, 0.2) is 121 Å². The smallest absolute Gasteiger partial charge is 0.106 e. The van der Waals surface area contributed by atoms with Crippen LogP contribution in [0.25, 0.3) is 10.5 Å². The SMILES string of the molecule is C=C(O)CCNC(=S)c1ccc(CN(CCC2=CCCCC2)C(=C)S/C(=C(\C)c2ccccc2)c2ccccc2)cc1. The lowest BCUT2D eigenvalue weighted by molar-refractivity contribution is 0.362. The fourth-order valence-electron chi connectivity index (χ4n) is 5.05. The van der Waals surface area contributed by atoms with E-state index >= 15 is 0 Å². The predicted molar refractivity (Wildman–Crippen MR) is 186 cm³/mol. The van der Waals surface area contributed by atoms with Gasteiger partial charge in [-0.15, -0.1) is 0 Å². The van der Waals surface area contributed by atoms with Gasteiger partial charge in [0.1, 0.15) is 4.99 Å². The highest BCUT2D eigenvalue weighted by atomic mass is 32.2. The lowest BCUT2D eigenvalue weighted by Crippen LogP contribution is -2.24. The molecule has 3 nitrogen and oxygen atoms in total. The van der Waals surface area contributed by atoms with E-state index in [2.05, 4.69) is 121 Å². The maximum Gasteiger partial charge on any atom is 0.106 e. The second kappa shape index (κ2) is 16.2. The van der Waals surface area contributed by atoms with Gasteiger partial charge in [0.05, 0.1) is 10.8 Å². The summed E-state index contributed by atoms with van der Waals surface area (Å²) in [5, 5.41) is 13.6. The van der Waals surface area contributed by atoms with Crippen molar-refractivity contribution in [3.63, 3.8) is 0 Å². The average molecular weight is 595 g/mol. The Labute approximate surface area is 261 Å². The number of nitrogens with zero attached hydrogens (tertiary/aromatic N) is 1. The van der Waals surface area contributed by atoms with Gasteiger partial charge in [0.25, 0.3) is 0 Å². The molecule has 0 amide bonds. The molecular formula is C37H42N2OS2. The average Bonchev–Trinajstić information content (AvgIpc) is 3.03. The van der Waals surface area contributed by atoms with Crippen LogP contribution in [0.4, 0.5) is 0 Å². The van der Waals surface area contributed by atoms with Gasteiger partial charge in [0, 0.05) is 36.5 Å². The second-order valence-electron chi connectivity index (χ2n) is 10.7. The Hall–Kier alpha value is -3.54. The van der Waals surface area contributed by atoms with Gasteiger partial charge >= 0.3 is 0 Å². The molecule has 4 rings (SSSR count). The van der Waals surface area contributed by atoms with Crippen LogP contribution in [0, 0.1) is 0 Å². The Bertz CT molecular complexity index is 1410. The number of hydrogen-bond donors (Lipinski definition) is 2. The molecule has 42 heavy (non-hydrogen) atoms. The van der Waals surface area contributed by atoms with Crippen LogP contribution in [0.1, 0.15) is 67.7 Å². The minimum atomic E-state index is 0.159. The zero-order chi connectivity index (χ0) is 29.7. The number of hydrogen-bond acceptors (Lipinski definition) is 4. The molecule has 1 aliphatic carbocycles. The normalized spacial score (nSPS) is 13.5. The number of aliphatic hydroxyl groups excluding tert-OH is 1. The summed E-state index contributed by atoms with van der Waals surface area (Å²) in [4.78, 5) is 4.34. The van der Waals surface area contributed by atoms with Crippen LogP contribution in [-0.2, 0) is 6.54 Å². The minimum absolute atomic E-state index is 0.159. The Morgan fingerprint density at radius 2 is 1.57 bits per heavy atom. The van der Waals surface area contributed by atoms with Crippen molar-refractivity contribution in [3.05, 3.63) is 143 Å². The van der Waals surface area contributed by atoms with Crippen molar-refractivity contribution >= 4 is 39.4 Å². The molecule has 5 heteroatoms.